The highest BCUT2D eigenvalue weighted by Gasteiger charge is 2.38. The van der Waals surface area contributed by atoms with Gasteiger partial charge in [0.05, 0.1) is 24.1 Å². The molecule has 4 aromatic heterocycles. The number of aromatic amines is 1. The molecule has 1 aliphatic carbocycles. The van der Waals surface area contributed by atoms with Crippen LogP contribution in [0.2, 0.25) is 0 Å². The lowest BCUT2D eigenvalue weighted by Crippen LogP contribution is -2.28. The fourth-order valence-corrected chi connectivity index (χ4v) is 4.05. The Morgan fingerprint density at radius 3 is 2.47 bits per heavy atom. The van der Waals surface area contributed by atoms with Gasteiger partial charge in [-0.2, -0.15) is 23.5 Å². The molecular formula is C21H16F3N9O. The van der Waals surface area contributed by atoms with Crippen molar-refractivity contribution < 1.29 is 13.2 Å². The normalized spacial score (nSPS) is 18.9. The fourth-order valence-electron chi connectivity index (χ4n) is 4.05. The fraction of sp³-hybridized carbons (Fsp3) is 0.333. The predicted molar refractivity (Wildman–Crippen MR) is 110 cm³/mol. The number of H-pyrrole nitrogens is 1. The molecule has 4 aromatic rings. The van der Waals surface area contributed by atoms with Crippen molar-refractivity contribution in [1.82, 2.24) is 39.7 Å². The van der Waals surface area contributed by atoms with Crippen LogP contribution in [0.15, 0.2) is 35.6 Å². The average Bonchev–Trinajstić information content (AvgIpc) is 3.17. The van der Waals surface area contributed by atoms with Gasteiger partial charge in [-0.1, -0.05) is 0 Å². The minimum absolute atomic E-state index is 0.00445. The second-order valence-electron chi connectivity index (χ2n) is 7.95. The van der Waals surface area contributed by atoms with Crippen molar-refractivity contribution in [2.45, 2.75) is 43.8 Å². The van der Waals surface area contributed by atoms with Crippen molar-refractivity contribution >= 4 is 11.0 Å². The van der Waals surface area contributed by atoms with Gasteiger partial charge < -0.3 is 4.98 Å². The van der Waals surface area contributed by atoms with E-state index in [9.17, 15) is 23.2 Å². The summed E-state index contributed by atoms with van der Waals surface area (Å²) in [6, 6.07) is 2.86. The zero-order valence-corrected chi connectivity index (χ0v) is 17.7. The van der Waals surface area contributed by atoms with Gasteiger partial charge in [0, 0.05) is 24.2 Å². The maximum absolute atomic E-state index is 12.9. The number of nitrogens with one attached hydrogen (secondary N) is 1. The van der Waals surface area contributed by atoms with Crippen molar-refractivity contribution in [3.8, 4) is 6.07 Å². The number of hydrogen-bond acceptors (Lipinski definition) is 8. The van der Waals surface area contributed by atoms with Gasteiger partial charge in [-0.3, -0.25) is 9.78 Å². The summed E-state index contributed by atoms with van der Waals surface area (Å²) in [6.45, 7) is 1.62. The number of aromatic nitrogens is 8. The van der Waals surface area contributed by atoms with Crippen LogP contribution in [0.4, 0.5) is 13.2 Å². The van der Waals surface area contributed by atoms with Crippen LogP contribution >= 0.6 is 0 Å². The maximum Gasteiger partial charge on any atom is 0.434 e. The van der Waals surface area contributed by atoms with Crippen LogP contribution in [0.5, 0.6) is 0 Å². The highest BCUT2D eigenvalue weighted by atomic mass is 19.4. The van der Waals surface area contributed by atoms with Gasteiger partial charge in [0.15, 0.2) is 17.0 Å². The summed E-state index contributed by atoms with van der Waals surface area (Å²) in [5, 5.41) is 13.7. The summed E-state index contributed by atoms with van der Waals surface area (Å²) in [7, 11) is 0. The molecule has 1 saturated carbocycles. The van der Waals surface area contributed by atoms with Crippen LogP contribution in [0, 0.1) is 11.3 Å². The monoisotopic (exact) mass is 467 g/mol. The van der Waals surface area contributed by atoms with Gasteiger partial charge in [0.2, 0.25) is 0 Å². The first kappa shape index (κ1) is 21.6. The van der Waals surface area contributed by atoms with Crippen molar-refractivity contribution in [2.24, 2.45) is 0 Å². The van der Waals surface area contributed by atoms with Crippen molar-refractivity contribution in [1.29, 1.82) is 5.26 Å². The first-order chi connectivity index (χ1) is 16.3. The largest absolute Gasteiger partial charge is 0.434 e. The van der Waals surface area contributed by atoms with E-state index in [-0.39, 0.29) is 34.3 Å². The van der Waals surface area contributed by atoms with E-state index in [2.05, 4.69) is 35.0 Å². The zero-order valence-electron chi connectivity index (χ0n) is 17.7. The molecule has 0 amide bonds. The molecule has 5 rings (SSSR count). The van der Waals surface area contributed by atoms with E-state index < -0.39 is 23.5 Å². The molecule has 0 aliphatic heterocycles. The molecule has 0 radical (unpaired) electrons. The van der Waals surface area contributed by atoms with Crippen molar-refractivity contribution in [3.05, 3.63) is 69.9 Å². The van der Waals surface area contributed by atoms with Gasteiger partial charge in [-0.25, -0.2) is 24.6 Å². The Kier molecular flexibility index (Phi) is 5.07. The summed E-state index contributed by atoms with van der Waals surface area (Å²) in [4.78, 5) is 36.2. The molecule has 0 spiro atoms. The van der Waals surface area contributed by atoms with E-state index in [1.807, 2.05) is 6.07 Å². The maximum atomic E-state index is 12.9. The van der Waals surface area contributed by atoms with Crippen LogP contribution in [-0.4, -0.2) is 39.7 Å². The number of fused-ring (bicyclic) bond motifs is 1. The summed E-state index contributed by atoms with van der Waals surface area (Å²) in [5.74, 6) is 0.917. The Bertz CT molecular complexity index is 1460. The van der Waals surface area contributed by atoms with Gasteiger partial charge in [-0.15, -0.1) is 0 Å². The van der Waals surface area contributed by atoms with E-state index >= 15 is 0 Å². The number of alkyl halides is 3. The molecule has 172 valence electrons. The van der Waals surface area contributed by atoms with Crippen molar-refractivity contribution in [3.63, 3.8) is 0 Å². The summed E-state index contributed by atoms with van der Waals surface area (Å²) < 4.78 is 39.9. The second-order valence-corrected chi connectivity index (χ2v) is 7.95. The summed E-state index contributed by atoms with van der Waals surface area (Å²) >= 11 is 0. The SMILES string of the molecule is C[C@@H](c1cnc(C(F)(F)F)cn1)n1nc(C#N)c2c(=O)[nH]c([C@@H]3CC[C@H]3c3ncccn3)nc21. The minimum atomic E-state index is -4.62. The number of nitriles is 1. The molecule has 13 heteroatoms. The minimum Gasteiger partial charge on any atom is -0.310 e. The predicted octanol–water partition coefficient (Wildman–Crippen LogP) is 2.86. The quantitative estimate of drug-likeness (QED) is 0.483. The lowest BCUT2D eigenvalue weighted by atomic mass is 9.72. The van der Waals surface area contributed by atoms with Crippen LogP contribution in [0.25, 0.3) is 11.0 Å². The third kappa shape index (κ3) is 3.57. The van der Waals surface area contributed by atoms with Crippen LogP contribution in [0.1, 0.15) is 66.4 Å². The Morgan fingerprint density at radius 1 is 1.15 bits per heavy atom. The molecule has 34 heavy (non-hydrogen) atoms. The van der Waals surface area contributed by atoms with Gasteiger partial charge in [0.25, 0.3) is 5.56 Å². The highest BCUT2D eigenvalue weighted by molar-refractivity contribution is 5.80. The number of nitrogens with zero attached hydrogens (tertiary/aromatic N) is 8. The standard InChI is InChI=1S/C21H16F3N9O/c1-10(14-8-29-15(9-28-14)21(22,23)24)33-19-16(13(7-25)32-33)20(34)31-18(30-19)12-4-3-11(12)17-26-5-2-6-27-17/h2,5-6,8-12H,3-4H2,1H3,(H,30,31,34)/t10-,11+,12+/m0/s1. The summed E-state index contributed by atoms with van der Waals surface area (Å²) in [6.07, 6.45) is 1.90. The first-order valence-corrected chi connectivity index (χ1v) is 10.4. The van der Waals surface area contributed by atoms with Crippen LogP contribution in [0.3, 0.4) is 0 Å². The summed E-state index contributed by atoms with van der Waals surface area (Å²) in [5.41, 5.74) is -1.47. The Balaban J connectivity index is 1.57. The number of halogens is 3. The van der Waals surface area contributed by atoms with Gasteiger partial charge in [0.1, 0.15) is 23.1 Å². The molecule has 1 aliphatic rings. The third-order valence-corrected chi connectivity index (χ3v) is 5.99. The van der Waals surface area contributed by atoms with E-state index in [0.717, 1.165) is 19.0 Å². The van der Waals surface area contributed by atoms with Crippen LogP contribution < -0.4 is 5.56 Å². The van der Waals surface area contributed by atoms with E-state index in [4.69, 9.17) is 0 Å². The molecule has 1 N–H and O–H groups in total. The lowest BCUT2D eigenvalue weighted by Gasteiger charge is -2.34. The molecule has 4 heterocycles. The van der Waals surface area contributed by atoms with E-state index in [1.54, 1.807) is 25.4 Å². The van der Waals surface area contributed by atoms with Crippen LogP contribution in [-0.2, 0) is 6.18 Å². The van der Waals surface area contributed by atoms with Gasteiger partial charge >= 0.3 is 6.18 Å². The Morgan fingerprint density at radius 2 is 1.88 bits per heavy atom. The van der Waals surface area contributed by atoms with Gasteiger partial charge in [-0.05, 0) is 25.8 Å². The molecule has 3 atom stereocenters. The molecule has 0 saturated heterocycles. The molecule has 10 nitrogen and oxygen atoms in total. The Labute approximate surface area is 189 Å². The topological polar surface area (TPSA) is 139 Å². The molecule has 0 bridgehead atoms. The Hall–Kier alpha value is -4.21. The smallest absolute Gasteiger partial charge is 0.310 e. The van der Waals surface area contributed by atoms with Crippen molar-refractivity contribution in [2.75, 3.05) is 0 Å². The molecular weight excluding hydrogens is 451 g/mol. The molecule has 0 aromatic carbocycles. The molecule has 0 unspecified atom stereocenters. The highest BCUT2D eigenvalue weighted by Crippen LogP contribution is 2.46. The van der Waals surface area contributed by atoms with E-state index in [0.29, 0.717) is 17.8 Å². The average molecular weight is 467 g/mol. The second kappa shape index (κ2) is 7.98. The van der Waals surface area contributed by atoms with E-state index in [1.165, 1.54) is 4.68 Å². The zero-order chi connectivity index (χ0) is 24.0. The number of hydrogen-bond donors (Lipinski definition) is 1. The lowest BCUT2D eigenvalue weighted by molar-refractivity contribution is -0.141. The molecule has 1 fully saturated rings. The number of rotatable bonds is 4. The first-order valence-electron chi connectivity index (χ1n) is 10.4. The third-order valence-electron chi connectivity index (χ3n) is 5.99.